The van der Waals surface area contributed by atoms with Crippen LogP contribution < -0.4 is 11.1 Å². The lowest BCUT2D eigenvalue weighted by Gasteiger charge is -2.05. The summed E-state index contributed by atoms with van der Waals surface area (Å²) in [5.74, 6) is 0.0482. The van der Waals surface area contributed by atoms with E-state index in [0.29, 0.717) is 11.4 Å². The molecule has 0 aliphatic heterocycles. The lowest BCUT2D eigenvalue weighted by Crippen LogP contribution is -2.25. The summed E-state index contributed by atoms with van der Waals surface area (Å²) >= 11 is 0. The smallest absolute Gasteiger partial charge is 0.287 e. The van der Waals surface area contributed by atoms with Crippen molar-refractivity contribution in [2.24, 2.45) is 14.1 Å². The Morgan fingerprint density at radius 1 is 1.55 bits per heavy atom. The Balaban J connectivity index is 2.09. The maximum atomic E-state index is 12.0. The van der Waals surface area contributed by atoms with E-state index in [1.165, 1.54) is 21.5 Å². The Kier molecular flexibility index (Phi) is 3.42. The van der Waals surface area contributed by atoms with Crippen LogP contribution in [0.2, 0.25) is 0 Å². The summed E-state index contributed by atoms with van der Waals surface area (Å²) in [6.07, 6.45) is 2.84. The largest absolute Gasteiger partial charge is 0.384 e. The van der Waals surface area contributed by atoms with E-state index in [1.54, 1.807) is 20.3 Å². The molecule has 9 heteroatoms. The second kappa shape index (κ2) is 5.03. The van der Waals surface area contributed by atoms with Gasteiger partial charge in [0.15, 0.2) is 0 Å². The number of amides is 1. The number of nitrogen functional groups attached to an aromatic ring is 1. The van der Waals surface area contributed by atoms with Crippen LogP contribution in [-0.4, -0.2) is 25.2 Å². The third-order valence-electron chi connectivity index (χ3n) is 2.94. The predicted molar refractivity (Wildman–Crippen MR) is 70.9 cm³/mol. The Hall–Kier alpha value is -2.84. The van der Waals surface area contributed by atoms with Gasteiger partial charge in [-0.2, -0.15) is 5.10 Å². The Morgan fingerprint density at radius 2 is 2.25 bits per heavy atom. The highest BCUT2D eigenvalue weighted by atomic mass is 16.6. The van der Waals surface area contributed by atoms with Crippen molar-refractivity contribution in [2.75, 3.05) is 5.73 Å². The van der Waals surface area contributed by atoms with Crippen LogP contribution in [0.5, 0.6) is 0 Å². The summed E-state index contributed by atoms with van der Waals surface area (Å²) in [6, 6.07) is 1.22. The van der Waals surface area contributed by atoms with Crippen molar-refractivity contribution >= 4 is 17.4 Å². The summed E-state index contributed by atoms with van der Waals surface area (Å²) in [5.41, 5.74) is 6.52. The van der Waals surface area contributed by atoms with Crippen LogP contribution in [0.1, 0.15) is 16.1 Å². The summed E-state index contributed by atoms with van der Waals surface area (Å²) in [6.45, 7) is 0.206. The number of aromatic nitrogens is 3. The van der Waals surface area contributed by atoms with E-state index >= 15 is 0 Å². The zero-order valence-corrected chi connectivity index (χ0v) is 11.0. The van der Waals surface area contributed by atoms with Crippen molar-refractivity contribution in [1.29, 1.82) is 0 Å². The lowest BCUT2D eigenvalue weighted by molar-refractivity contribution is -0.384. The van der Waals surface area contributed by atoms with Crippen LogP contribution in [-0.2, 0) is 20.6 Å². The average molecular weight is 278 g/mol. The van der Waals surface area contributed by atoms with Gasteiger partial charge in [-0.05, 0) is 0 Å². The molecule has 0 fully saturated rings. The third kappa shape index (κ3) is 2.46. The van der Waals surface area contributed by atoms with E-state index in [1.807, 2.05) is 0 Å². The van der Waals surface area contributed by atoms with Gasteiger partial charge in [0.25, 0.3) is 11.6 Å². The molecule has 0 saturated heterocycles. The Labute approximate surface area is 114 Å². The van der Waals surface area contributed by atoms with Gasteiger partial charge in [-0.3, -0.25) is 19.6 Å². The number of aryl methyl sites for hydroxylation is 2. The maximum Gasteiger partial charge on any atom is 0.287 e. The van der Waals surface area contributed by atoms with Gasteiger partial charge in [-0.1, -0.05) is 0 Å². The molecule has 9 nitrogen and oxygen atoms in total. The highest BCUT2D eigenvalue weighted by molar-refractivity contribution is 5.93. The minimum Gasteiger partial charge on any atom is -0.384 e. The molecule has 0 bridgehead atoms. The van der Waals surface area contributed by atoms with Gasteiger partial charge in [0, 0.05) is 32.3 Å². The predicted octanol–water partition coefficient (Wildman–Crippen LogP) is 0.179. The molecule has 20 heavy (non-hydrogen) atoms. The summed E-state index contributed by atoms with van der Waals surface area (Å²) in [5, 5.41) is 17.3. The maximum absolute atomic E-state index is 12.0. The standard InChI is InChI=1S/C11H14N6O3/c1-15-6-8(17(19)20)3-9(15)11(18)13-4-7-5-14-16(2)10(7)12/h3,5-6H,4,12H2,1-2H3,(H,13,18). The number of hydrogen-bond acceptors (Lipinski definition) is 5. The minimum absolute atomic E-state index is 0.126. The number of nitrogens with one attached hydrogen (secondary N) is 1. The van der Waals surface area contributed by atoms with E-state index in [2.05, 4.69) is 10.4 Å². The molecule has 0 spiro atoms. The summed E-state index contributed by atoms with van der Waals surface area (Å²) in [4.78, 5) is 22.1. The van der Waals surface area contributed by atoms with Crippen molar-refractivity contribution in [3.8, 4) is 0 Å². The van der Waals surface area contributed by atoms with Gasteiger partial charge in [0.2, 0.25) is 0 Å². The number of nitrogens with zero attached hydrogens (tertiary/aromatic N) is 4. The molecule has 0 aliphatic carbocycles. The number of anilines is 1. The van der Waals surface area contributed by atoms with Crippen LogP contribution in [0, 0.1) is 10.1 Å². The second-order valence-electron chi connectivity index (χ2n) is 4.31. The number of hydrogen-bond donors (Lipinski definition) is 2. The molecule has 2 aromatic rings. The van der Waals surface area contributed by atoms with E-state index in [9.17, 15) is 14.9 Å². The van der Waals surface area contributed by atoms with Crippen molar-refractivity contribution in [2.45, 2.75) is 6.54 Å². The fraction of sp³-hybridized carbons (Fsp3) is 0.273. The van der Waals surface area contributed by atoms with Crippen molar-refractivity contribution in [3.63, 3.8) is 0 Å². The number of nitro groups is 1. The monoisotopic (exact) mass is 278 g/mol. The van der Waals surface area contributed by atoms with Gasteiger partial charge < -0.3 is 15.6 Å². The topological polar surface area (TPSA) is 121 Å². The van der Waals surface area contributed by atoms with Gasteiger partial charge in [-0.15, -0.1) is 0 Å². The van der Waals surface area contributed by atoms with E-state index < -0.39 is 10.8 Å². The zero-order chi connectivity index (χ0) is 14.9. The molecule has 0 saturated carbocycles. The molecule has 2 aromatic heterocycles. The van der Waals surface area contributed by atoms with Crippen LogP contribution in [0.4, 0.5) is 11.5 Å². The van der Waals surface area contributed by atoms with Crippen molar-refractivity contribution in [3.05, 3.63) is 39.8 Å². The van der Waals surface area contributed by atoms with Crippen LogP contribution in [0.15, 0.2) is 18.5 Å². The van der Waals surface area contributed by atoms with E-state index in [4.69, 9.17) is 5.73 Å². The number of carbonyl (C=O) groups excluding carboxylic acids is 1. The molecule has 0 aliphatic rings. The van der Waals surface area contributed by atoms with Gasteiger partial charge >= 0.3 is 0 Å². The highest BCUT2D eigenvalue weighted by Crippen LogP contribution is 2.15. The fourth-order valence-corrected chi connectivity index (χ4v) is 1.77. The van der Waals surface area contributed by atoms with Crippen LogP contribution >= 0.6 is 0 Å². The van der Waals surface area contributed by atoms with Crippen molar-refractivity contribution in [1.82, 2.24) is 19.7 Å². The molecule has 106 valence electrons. The zero-order valence-electron chi connectivity index (χ0n) is 11.0. The van der Waals surface area contributed by atoms with Crippen molar-refractivity contribution < 1.29 is 9.72 Å². The molecule has 3 N–H and O–H groups in total. The number of carbonyl (C=O) groups is 1. The second-order valence-corrected chi connectivity index (χ2v) is 4.31. The van der Waals surface area contributed by atoms with Crippen LogP contribution in [0.25, 0.3) is 0 Å². The minimum atomic E-state index is -0.546. The fourth-order valence-electron chi connectivity index (χ4n) is 1.77. The lowest BCUT2D eigenvalue weighted by atomic mass is 10.3. The first-order valence-corrected chi connectivity index (χ1v) is 5.75. The SMILES string of the molecule is Cn1cc([N+](=O)[O-])cc1C(=O)NCc1cnn(C)c1N. The van der Waals surface area contributed by atoms with E-state index in [-0.39, 0.29) is 17.9 Å². The van der Waals surface area contributed by atoms with Gasteiger partial charge in [-0.25, -0.2) is 0 Å². The molecule has 0 atom stereocenters. The number of rotatable bonds is 4. The summed E-state index contributed by atoms with van der Waals surface area (Å²) in [7, 11) is 3.27. The molecular formula is C11H14N6O3. The quantitative estimate of drug-likeness (QED) is 0.610. The first-order valence-electron chi connectivity index (χ1n) is 5.75. The molecule has 0 radical (unpaired) electrons. The average Bonchev–Trinajstić information content (AvgIpc) is 2.93. The Morgan fingerprint density at radius 3 is 2.75 bits per heavy atom. The normalized spacial score (nSPS) is 10.5. The third-order valence-corrected chi connectivity index (χ3v) is 2.94. The first kappa shape index (κ1) is 13.6. The molecule has 0 unspecified atom stereocenters. The van der Waals surface area contributed by atoms with Crippen LogP contribution in [0.3, 0.4) is 0 Å². The molecule has 2 rings (SSSR count). The first-order chi connectivity index (χ1) is 9.40. The number of nitrogens with two attached hydrogens (primary N) is 1. The summed E-state index contributed by atoms with van der Waals surface area (Å²) < 4.78 is 2.90. The molecule has 2 heterocycles. The van der Waals surface area contributed by atoms with E-state index in [0.717, 1.165) is 0 Å². The molecule has 1 amide bonds. The van der Waals surface area contributed by atoms with Gasteiger partial charge in [0.1, 0.15) is 11.5 Å². The molecular weight excluding hydrogens is 264 g/mol. The molecule has 0 aromatic carbocycles. The van der Waals surface area contributed by atoms with Gasteiger partial charge in [0.05, 0.1) is 17.3 Å². The Bertz CT molecular complexity index is 672. The highest BCUT2D eigenvalue weighted by Gasteiger charge is 2.17.